The fourth-order valence-electron chi connectivity index (χ4n) is 3.03. The number of hydrogen-bond acceptors (Lipinski definition) is 4. The molecule has 3 heterocycles. The van der Waals surface area contributed by atoms with Gasteiger partial charge in [-0.3, -0.25) is 9.78 Å². The van der Waals surface area contributed by atoms with E-state index >= 15 is 0 Å². The van der Waals surface area contributed by atoms with Gasteiger partial charge in [-0.1, -0.05) is 0 Å². The van der Waals surface area contributed by atoms with Crippen LogP contribution in [0.5, 0.6) is 0 Å². The number of fused-ring (bicyclic) bond motifs is 1. The highest BCUT2D eigenvalue weighted by Crippen LogP contribution is 2.30. The van der Waals surface area contributed by atoms with Crippen molar-refractivity contribution >= 4 is 11.6 Å². The van der Waals surface area contributed by atoms with E-state index in [1.165, 1.54) is 0 Å². The van der Waals surface area contributed by atoms with Crippen LogP contribution in [0.15, 0.2) is 18.3 Å². The van der Waals surface area contributed by atoms with Crippen LogP contribution in [-0.4, -0.2) is 56.1 Å². The summed E-state index contributed by atoms with van der Waals surface area (Å²) in [6.07, 6.45) is 1.73. The minimum atomic E-state index is -0.0390. The second kappa shape index (κ2) is 4.81. The van der Waals surface area contributed by atoms with Crippen LogP contribution in [0, 0.1) is 11.8 Å². The Kier molecular flexibility index (Phi) is 3.14. The first-order valence-corrected chi connectivity index (χ1v) is 6.78. The molecule has 1 amide bonds. The third-order valence-corrected chi connectivity index (χ3v) is 4.12. The summed E-state index contributed by atoms with van der Waals surface area (Å²) < 4.78 is 0. The molecule has 0 spiro atoms. The van der Waals surface area contributed by atoms with Crippen LogP contribution in [0.2, 0.25) is 0 Å². The average molecular weight is 260 g/mol. The molecule has 0 saturated carbocycles. The summed E-state index contributed by atoms with van der Waals surface area (Å²) in [6.45, 7) is 4.40. The molecule has 0 radical (unpaired) electrons. The van der Waals surface area contributed by atoms with E-state index in [-0.39, 0.29) is 5.91 Å². The van der Waals surface area contributed by atoms with Crippen LogP contribution in [0.25, 0.3) is 0 Å². The molecule has 19 heavy (non-hydrogen) atoms. The van der Waals surface area contributed by atoms with Crippen molar-refractivity contribution in [2.75, 3.05) is 45.2 Å². The van der Waals surface area contributed by atoms with Crippen molar-refractivity contribution in [2.24, 2.45) is 11.8 Å². The standard InChI is InChI=1S/C14H20N4O/c1-17(2)14(19)13-5-12(3-4-16-13)18-8-10-6-15-7-11(10)9-18/h3-5,10-11,15H,6-9H2,1-2H3. The number of anilines is 1. The Morgan fingerprint density at radius 3 is 2.68 bits per heavy atom. The van der Waals surface area contributed by atoms with E-state index in [0.29, 0.717) is 5.69 Å². The predicted octanol–water partition coefficient (Wildman–Crippen LogP) is 0.439. The predicted molar refractivity (Wildman–Crippen MR) is 74.3 cm³/mol. The summed E-state index contributed by atoms with van der Waals surface area (Å²) in [5, 5.41) is 3.44. The lowest BCUT2D eigenvalue weighted by molar-refractivity contribution is 0.0822. The maximum Gasteiger partial charge on any atom is 0.272 e. The molecule has 2 unspecified atom stereocenters. The molecule has 0 aromatic carbocycles. The highest BCUT2D eigenvalue weighted by Gasteiger charge is 2.36. The van der Waals surface area contributed by atoms with Crippen LogP contribution in [-0.2, 0) is 0 Å². The first-order valence-electron chi connectivity index (χ1n) is 6.78. The number of pyridine rings is 1. The van der Waals surface area contributed by atoms with Crippen molar-refractivity contribution in [1.29, 1.82) is 0 Å². The lowest BCUT2D eigenvalue weighted by Crippen LogP contribution is -2.27. The largest absolute Gasteiger partial charge is 0.371 e. The topological polar surface area (TPSA) is 48.5 Å². The molecule has 2 fully saturated rings. The summed E-state index contributed by atoms with van der Waals surface area (Å²) in [6, 6.07) is 3.91. The molecular weight excluding hydrogens is 240 g/mol. The molecule has 2 atom stereocenters. The van der Waals surface area contributed by atoms with Crippen LogP contribution >= 0.6 is 0 Å². The van der Waals surface area contributed by atoms with Crippen molar-refractivity contribution in [2.45, 2.75) is 0 Å². The lowest BCUT2D eigenvalue weighted by atomic mass is 10.0. The molecule has 2 aliphatic heterocycles. The Morgan fingerprint density at radius 2 is 2.05 bits per heavy atom. The molecule has 0 aliphatic carbocycles. The van der Waals surface area contributed by atoms with Crippen molar-refractivity contribution in [3.8, 4) is 0 Å². The zero-order valence-corrected chi connectivity index (χ0v) is 11.5. The summed E-state index contributed by atoms with van der Waals surface area (Å²) >= 11 is 0. The summed E-state index contributed by atoms with van der Waals surface area (Å²) in [7, 11) is 3.51. The zero-order valence-electron chi connectivity index (χ0n) is 11.5. The molecule has 5 heteroatoms. The number of amides is 1. The first-order chi connectivity index (χ1) is 9.15. The van der Waals surface area contributed by atoms with E-state index in [9.17, 15) is 4.79 Å². The molecule has 5 nitrogen and oxygen atoms in total. The van der Waals surface area contributed by atoms with Gasteiger partial charge in [-0.05, 0) is 24.0 Å². The molecule has 102 valence electrons. The average Bonchev–Trinajstić information content (AvgIpc) is 2.98. The third-order valence-electron chi connectivity index (χ3n) is 4.12. The van der Waals surface area contributed by atoms with E-state index < -0.39 is 0 Å². The van der Waals surface area contributed by atoms with Gasteiger partial charge in [0.2, 0.25) is 0 Å². The number of nitrogens with zero attached hydrogens (tertiary/aromatic N) is 3. The normalized spacial score (nSPS) is 25.5. The third kappa shape index (κ3) is 2.30. The van der Waals surface area contributed by atoms with Gasteiger partial charge in [0.1, 0.15) is 5.69 Å². The number of carbonyl (C=O) groups is 1. The summed E-state index contributed by atoms with van der Waals surface area (Å²) in [5.41, 5.74) is 1.65. The lowest BCUT2D eigenvalue weighted by Gasteiger charge is -2.20. The molecule has 0 bridgehead atoms. The van der Waals surface area contributed by atoms with Gasteiger partial charge in [0.25, 0.3) is 5.91 Å². The van der Waals surface area contributed by atoms with E-state index in [1.807, 2.05) is 12.1 Å². The van der Waals surface area contributed by atoms with Crippen molar-refractivity contribution in [3.05, 3.63) is 24.0 Å². The fraction of sp³-hybridized carbons (Fsp3) is 0.571. The van der Waals surface area contributed by atoms with Gasteiger partial charge < -0.3 is 15.1 Å². The number of aromatic nitrogens is 1. The minimum Gasteiger partial charge on any atom is -0.371 e. The van der Waals surface area contributed by atoms with Crippen molar-refractivity contribution in [1.82, 2.24) is 15.2 Å². The van der Waals surface area contributed by atoms with Gasteiger partial charge in [0, 0.05) is 52.2 Å². The summed E-state index contributed by atoms with van der Waals surface area (Å²) in [5.74, 6) is 1.46. The Bertz CT molecular complexity index is 476. The number of carbonyl (C=O) groups excluding carboxylic acids is 1. The first kappa shape index (κ1) is 12.4. The van der Waals surface area contributed by atoms with E-state index in [0.717, 1.165) is 43.7 Å². The number of nitrogens with one attached hydrogen (secondary N) is 1. The van der Waals surface area contributed by atoms with Gasteiger partial charge in [0.05, 0.1) is 0 Å². The molecule has 1 N–H and O–H groups in total. The van der Waals surface area contributed by atoms with Gasteiger partial charge in [-0.25, -0.2) is 0 Å². The van der Waals surface area contributed by atoms with Crippen LogP contribution in [0.4, 0.5) is 5.69 Å². The molecular formula is C14H20N4O. The SMILES string of the molecule is CN(C)C(=O)c1cc(N2CC3CNCC3C2)ccn1. The second-order valence-corrected chi connectivity index (χ2v) is 5.68. The molecule has 2 aliphatic rings. The van der Waals surface area contributed by atoms with Crippen LogP contribution < -0.4 is 10.2 Å². The maximum absolute atomic E-state index is 11.9. The minimum absolute atomic E-state index is 0.0390. The Morgan fingerprint density at radius 1 is 1.37 bits per heavy atom. The molecule has 1 aromatic heterocycles. The highest BCUT2D eigenvalue weighted by atomic mass is 16.2. The van der Waals surface area contributed by atoms with Gasteiger partial charge in [-0.2, -0.15) is 0 Å². The van der Waals surface area contributed by atoms with Gasteiger partial charge >= 0.3 is 0 Å². The van der Waals surface area contributed by atoms with E-state index in [2.05, 4.69) is 15.2 Å². The Hall–Kier alpha value is -1.62. The van der Waals surface area contributed by atoms with Gasteiger partial charge in [-0.15, -0.1) is 0 Å². The highest BCUT2D eigenvalue weighted by molar-refractivity contribution is 5.92. The van der Waals surface area contributed by atoms with Gasteiger partial charge in [0.15, 0.2) is 0 Å². The zero-order chi connectivity index (χ0) is 13.4. The smallest absolute Gasteiger partial charge is 0.272 e. The summed E-state index contributed by atoms with van der Waals surface area (Å²) in [4.78, 5) is 20.1. The van der Waals surface area contributed by atoms with Crippen LogP contribution in [0.1, 0.15) is 10.5 Å². The van der Waals surface area contributed by atoms with E-state index in [1.54, 1.807) is 25.2 Å². The molecule has 2 saturated heterocycles. The Balaban J connectivity index is 1.78. The second-order valence-electron chi connectivity index (χ2n) is 5.68. The quantitative estimate of drug-likeness (QED) is 0.838. The fourth-order valence-corrected chi connectivity index (χ4v) is 3.03. The Labute approximate surface area is 113 Å². The van der Waals surface area contributed by atoms with E-state index in [4.69, 9.17) is 0 Å². The number of hydrogen-bond donors (Lipinski definition) is 1. The monoisotopic (exact) mass is 260 g/mol. The molecule has 1 aromatic rings. The molecule has 3 rings (SSSR count). The number of rotatable bonds is 2. The van der Waals surface area contributed by atoms with Crippen molar-refractivity contribution < 1.29 is 4.79 Å². The van der Waals surface area contributed by atoms with Crippen molar-refractivity contribution in [3.63, 3.8) is 0 Å². The van der Waals surface area contributed by atoms with Crippen LogP contribution in [0.3, 0.4) is 0 Å². The maximum atomic E-state index is 11.9.